The molecule has 0 radical (unpaired) electrons. The van der Waals surface area contributed by atoms with Crippen molar-refractivity contribution in [1.82, 2.24) is 0 Å². The summed E-state index contributed by atoms with van der Waals surface area (Å²) in [6, 6.07) is 10.5. The fourth-order valence-corrected chi connectivity index (χ4v) is 2.38. The fraction of sp³-hybridized carbons (Fsp3) is 0.647. The minimum Gasteiger partial charge on any atom is -0.389 e. The molecule has 0 saturated heterocycles. The summed E-state index contributed by atoms with van der Waals surface area (Å²) < 4.78 is 0. The number of hydrogen-bond donors (Lipinski definition) is 2. The Balaban J connectivity index is 2.53. The van der Waals surface area contributed by atoms with E-state index < -0.39 is 5.60 Å². The number of hydrogen-bond acceptors (Lipinski definition) is 3. The van der Waals surface area contributed by atoms with Gasteiger partial charge in [-0.3, -0.25) is 0 Å². The Labute approximate surface area is 123 Å². The van der Waals surface area contributed by atoms with Crippen LogP contribution in [0.4, 0.5) is 5.69 Å². The van der Waals surface area contributed by atoms with Gasteiger partial charge in [-0.25, -0.2) is 0 Å². The van der Waals surface area contributed by atoms with E-state index in [1.54, 1.807) is 0 Å². The molecule has 20 heavy (non-hydrogen) atoms. The molecule has 1 unspecified atom stereocenters. The van der Waals surface area contributed by atoms with E-state index in [0.29, 0.717) is 6.54 Å². The standard InChI is InChI=1S/C17H30N2O/c1-3-5-13-19(16-10-7-6-8-11-16)14-9-12-17(20,4-2)15-18/h6-8,10-11,20H,3-5,9,12-15,18H2,1-2H3. The van der Waals surface area contributed by atoms with Crippen molar-refractivity contribution < 1.29 is 5.11 Å². The molecule has 0 aliphatic rings. The normalized spacial score (nSPS) is 14.0. The van der Waals surface area contributed by atoms with E-state index in [1.807, 2.05) is 13.0 Å². The molecule has 1 atom stereocenters. The van der Waals surface area contributed by atoms with E-state index in [4.69, 9.17) is 5.73 Å². The molecule has 3 N–H and O–H groups in total. The Bertz CT molecular complexity index is 349. The summed E-state index contributed by atoms with van der Waals surface area (Å²) in [6.45, 7) is 6.62. The van der Waals surface area contributed by atoms with Crippen LogP contribution in [0.25, 0.3) is 0 Å². The molecule has 3 heteroatoms. The number of para-hydroxylation sites is 1. The summed E-state index contributed by atoms with van der Waals surface area (Å²) >= 11 is 0. The summed E-state index contributed by atoms with van der Waals surface area (Å²) in [6.07, 6.45) is 4.87. The molecular formula is C17H30N2O. The highest BCUT2D eigenvalue weighted by Crippen LogP contribution is 2.19. The number of anilines is 1. The lowest BCUT2D eigenvalue weighted by atomic mass is 9.95. The predicted octanol–water partition coefficient (Wildman–Crippen LogP) is 3.17. The van der Waals surface area contributed by atoms with Crippen LogP contribution in [0.5, 0.6) is 0 Å². The largest absolute Gasteiger partial charge is 0.389 e. The van der Waals surface area contributed by atoms with Crippen LogP contribution in [0, 0.1) is 0 Å². The van der Waals surface area contributed by atoms with Gasteiger partial charge >= 0.3 is 0 Å². The predicted molar refractivity (Wildman–Crippen MR) is 87.1 cm³/mol. The van der Waals surface area contributed by atoms with Gasteiger partial charge in [-0.2, -0.15) is 0 Å². The first kappa shape index (κ1) is 17.0. The molecule has 0 aliphatic carbocycles. The Morgan fingerprint density at radius 1 is 1.10 bits per heavy atom. The smallest absolute Gasteiger partial charge is 0.0767 e. The lowest BCUT2D eigenvalue weighted by molar-refractivity contribution is 0.0349. The lowest BCUT2D eigenvalue weighted by Crippen LogP contribution is -2.38. The maximum absolute atomic E-state index is 10.2. The molecule has 0 amide bonds. The van der Waals surface area contributed by atoms with Crippen LogP contribution in [0.3, 0.4) is 0 Å². The van der Waals surface area contributed by atoms with E-state index in [9.17, 15) is 5.11 Å². The topological polar surface area (TPSA) is 49.5 Å². The minimum atomic E-state index is -0.687. The van der Waals surface area contributed by atoms with E-state index in [1.165, 1.54) is 18.5 Å². The van der Waals surface area contributed by atoms with Gasteiger partial charge in [-0.15, -0.1) is 0 Å². The average Bonchev–Trinajstić information content (AvgIpc) is 2.51. The third-order valence-corrected chi connectivity index (χ3v) is 4.01. The molecule has 0 aromatic heterocycles. The number of rotatable bonds is 10. The van der Waals surface area contributed by atoms with Gasteiger partial charge in [0.05, 0.1) is 5.60 Å². The molecule has 1 aromatic rings. The van der Waals surface area contributed by atoms with E-state index in [0.717, 1.165) is 32.4 Å². The summed E-state index contributed by atoms with van der Waals surface area (Å²) in [5, 5.41) is 10.2. The second kappa shape index (κ2) is 8.98. The van der Waals surface area contributed by atoms with E-state index in [2.05, 4.69) is 36.1 Å². The van der Waals surface area contributed by atoms with Gasteiger partial charge in [-0.1, -0.05) is 38.5 Å². The molecule has 0 bridgehead atoms. The number of nitrogens with two attached hydrogens (primary N) is 1. The first-order valence-corrected chi connectivity index (χ1v) is 7.87. The zero-order valence-corrected chi connectivity index (χ0v) is 13.0. The van der Waals surface area contributed by atoms with Crippen molar-refractivity contribution in [1.29, 1.82) is 0 Å². The summed E-state index contributed by atoms with van der Waals surface area (Å²) in [7, 11) is 0. The van der Waals surface area contributed by atoms with Crippen molar-refractivity contribution in [2.75, 3.05) is 24.5 Å². The first-order chi connectivity index (χ1) is 9.65. The van der Waals surface area contributed by atoms with E-state index >= 15 is 0 Å². The zero-order valence-electron chi connectivity index (χ0n) is 13.0. The fourth-order valence-electron chi connectivity index (χ4n) is 2.38. The zero-order chi connectivity index (χ0) is 14.8. The van der Waals surface area contributed by atoms with Gasteiger partial charge in [0.2, 0.25) is 0 Å². The Hall–Kier alpha value is -1.06. The average molecular weight is 278 g/mol. The molecule has 114 valence electrons. The summed E-state index contributed by atoms with van der Waals surface area (Å²) in [5.74, 6) is 0. The Kier molecular flexibility index (Phi) is 7.63. The SMILES string of the molecule is CCCCN(CCCC(O)(CC)CN)c1ccccc1. The van der Waals surface area contributed by atoms with Crippen molar-refractivity contribution in [3.63, 3.8) is 0 Å². The van der Waals surface area contributed by atoms with Crippen LogP contribution in [0.15, 0.2) is 30.3 Å². The maximum Gasteiger partial charge on any atom is 0.0767 e. The summed E-state index contributed by atoms with van der Waals surface area (Å²) in [4.78, 5) is 2.41. The Morgan fingerprint density at radius 2 is 1.75 bits per heavy atom. The number of aliphatic hydroxyl groups is 1. The molecular weight excluding hydrogens is 248 g/mol. The van der Waals surface area contributed by atoms with Crippen molar-refractivity contribution >= 4 is 5.69 Å². The monoisotopic (exact) mass is 278 g/mol. The van der Waals surface area contributed by atoms with Gasteiger partial charge in [0.25, 0.3) is 0 Å². The molecule has 0 fully saturated rings. The van der Waals surface area contributed by atoms with Crippen LogP contribution in [-0.2, 0) is 0 Å². The minimum absolute atomic E-state index is 0.351. The van der Waals surface area contributed by atoms with E-state index in [-0.39, 0.29) is 0 Å². The molecule has 1 rings (SSSR count). The molecule has 0 aliphatic heterocycles. The number of nitrogens with zero attached hydrogens (tertiary/aromatic N) is 1. The van der Waals surface area contributed by atoms with Crippen LogP contribution in [-0.4, -0.2) is 30.3 Å². The third-order valence-electron chi connectivity index (χ3n) is 4.01. The molecule has 3 nitrogen and oxygen atoms in total. The highest BCUT2D eigenvalue weighted by molar-refractivity contribution is 5.45. The van der Waals surface area contributed by atoms with Crippen molar-refractivity contribution in [3.8, 4) is 0 Å². The number of unbranched alkanes of at least 4 members (excludes halogenated alkanes) is 1. The van der Waals surface area contributed by atoms with Crippen molar-refractivity contribution in [3.05, 3.63) is 30.3 Å². The van der Waals surface area contributed by atoms with Crippen LogP contribution >= 0.6 is 0 Å². The molecule has 0 saturated carbocycles. The first-order valence-electron chi connectivity index (χ1n) is 7.87. The van der Waals surface area contributed by atoms with Gasteiger partial charge in [0.1, 0.15) is 0 Å². The lowest BCUT2D eigenvalue weighted by Gasteiger charge is -2.29. The second-order valence-corrected chi connectivity index (χ2v) is 5.56. The highest BCUT2D eigenvalue weighted by Gasteiger charge is 2.22. The maximum atomic E-state index is 10.2. The van der Waals surface area contributed by atoms with Crippen LogP contribution in [0.1, 0.15) is 46.0 Å². The van der Waals surface area contributed by atoms with Crippen LogP contribution < -0.4 is 10.6 Å². The van der Waals surface area contributed by atoms with Gasteiger partial charge in [0, 0.05) is 25.3 Å². The van der Waals surface area contributed by atoms with Crippen LogP contribution in [0.2, 0.25) is 0 Å². The van der Waals surface area contributed by atoms with Crippen molar-refractivity contribution in [2.45, 2.75) is 51.6 Å². The second-order valence-electron chi connectivity index (χ2n) is 5.56. The van der Waals surface area contributed by atoms with Gasteiger partial charge in [-0.05, 0) is 37.8 Å². The molecule has 1 aromatic carbocycles. The van der Waals surface area contributed by atoms with Crippen molar-refractivity contribution in [2.24, 2.45) is 5.73 Å². The highest BCUT2D eigenvalue weighted by atomic mass is 16.3. The Morgan fingerprint density at radius 3 is 2.30 bits per heavy atom. The molecule has 0 heterocycles. The number of benzene rings is 1. The quantitative estimate of drug-likeness (QED) is 0.691. The summed E-state index contributed by atoms with van der Waals surface area (Å²) in [5.41, 5.74) is 6.25. The van der Waals surface area contributed by atoms with Gasteiger partial charge < -0.3 is 15.7 Å². The molecule has 0 spiro atoms. The third kappa shape index (κ3) is 5.51. The van der Waals surface area contributed by atoms with Gasteiger partial charge in [0.15, 0.2) is 0 Å².